The van der Waals surface area contributed by atoms with E-state index in [-0.39, 0.29) is 16.7 Å². The van der Waals surface area contributed by atoms with E-state index in [1.165, 1.54) is 41.3 Å². The van der Waals surface area contributed by atoms with Crippen LogP contribution in [0.2, 0.25) is 0 Å². The van der Waals surface area contributed by atoms with Crippen LogP contribution in [0.25, 0.3) is 0 Å². The number of benzene rings is 2. The number of anilines is 2. The Morgan fingerprint density at radius 2 is 1.93 bits per heavy atom. The molecule has 1 aromatic heterocycles. The Morgan fingerprint density at radius 3 is 2.62 bits per heavy atom. The van der Waals surface area contributed by atoms with E-state index in [0.29, 0.717) is 17.2 Å². The first-order valence-electron chi connectivity index (χ1n) is 8.90. The van der Waals surface area contributed by atoms with Crippen LogP contribution in [-0.2, 0) is 4.79 Å². The number of aryl methyl sites for hydroxylation is 1. The molecule has 0 spiro atoms. The Morgan fingerprint density at radius 1 is 1.14 bits per heavy atom. The zero-order chi connectivity index (χ0) is 20.8. The van der Waals surface area contributed by atoms with Gasteiger partial charge in [-0.25, -0.2) is 4.39 Å². The van der Waals surface area contributed by atoms with Crippen LogP contribution >= 0.6 is 23.1 Å². The lowest BCUT2D eigenvalue weighted by molar-refractivity contribution is -0.115. The van der Waals surface area contributed by atoms with Crippen molar-refractivity contribution in [3.63, 3.8) is 0 Å². The number of amides is 2. The second-order valence-electron chi connectivity index (χ2n) is 6.09. The van der Waals surface area contributed by atoms with Crippen LogP contribution in [0.15, 0.2) is 53.4 Å². The number of thioether (sulfide) groups is 1. The lowest BCUT2D eigenvalue weighted by Gasteiger charge is -2.14. The van der Waals surface area contributed by atoms with E-state index in [4.69, 9.17) is 0 Å². The van der Waals surface area contributed by atoms with Crippen LogP contribution in [0.5, 0.6) is 0 Å². The molecule has 2 N–H and O–H groups in total. The Kier molecular flexibility index (Phi) is 6.95. The van der Waals surface area contributed by atoms with Gasteiger partial charge in [0.15, 0.2) is 0 Å². The summed E-state index contributed by atoms with van der Waals surface area (Å²) in [5.74, 6) is -1.26. The minimum Gasteiger partial charge on any atom is -0.322 e. The molecule has 0 bridgehead atoms. The average Bonchev–Trinajstić information content (AvgIpc) is 3.11. The van der Waals surface area contributed by atoms with Crippen LogP contribution in [0.3, 0.4) is 0 Å². The molecule has 0 radical (unpaired) electrons. The van der Waals surface area contributed by atoms with E-state index < -0.39 is 11.7 Å². The highest BCUT2D eigenvalue weighted by atomic mass is 32.2. The summed E-state index contributed by atoms with van der Waals surface area (Å²) >= 11 is 2.70. The molecule has 1 heterocycles. The molecule has 150 valence electrons. The number of halogens is 1. The molecule has 2 amide bonds. The maximum Gasteiger partial charge on any atom is 0.258 e. The molecule has 1 unspecified atom stereocenters. The van der Waals surface area contributed by atoms with E-state index >= 15 is 0 Å². The number of hydrogen-bond acceptors (Lipinski definition) is 6. The van der Waals surface area contributed by atoms with Gasteiger partial charge in [0.2, 0.25) is 11.0 Å². The molecule has 0 saturated carbocycles. The summed E-state index contributed by atoms with van der Waals surface area (Å²) in [6.45, 7) is 3.74. The summed E-state index contributed by atoms with van der Waals surface area (Å²) in [6, 6.07) is 12.9. The Hall–Kier alpha value is -2.78. The summed E-state index contributed by atoms with van der Waals surface area (Å²) < 4.78 is 13.8. The third kappa shape index (κ3) is 5.61. The third-order valence-corrected chi connectivity index (χ3v) is 6.02. The Bertz CT molecular complexity index is 1020. The van der Waals surface area contributed by atoms with Crippen molar-refractivity contribution in [3.8, 4) is 0 Å². The van der Waals surface area contributed by atoms with Gasteiger partial charge >= 0.3 is 0 Å². The lowest BCUT2D eigenvalue weighted by Crippen LogP contribution is -2.24. The second kappa shape index (κ2) is 9.62. The van der Waals surface area contributed by atoms with Gasteiger partial charge in [-0.1, -0.05) is 36.5 Å². The van der Waals surface area contributed by atoms with E-state index in [2.05, 4.69) is 20.8 Å². The molecule has 3 aromatic rings. The van der Waals surface area contributed by atoms with Gasteiger partial charge in [-0.15, -0.1) is 22.0 Å². The molecule has 0 fully saturated rings. The number of aromatic nitrogens is 2. The molecule has 3 rings (SSSR count). The van der Waals surface area contributed by atoms with E-state index in [1.807, 2.05) is 19.9 Å². The van der Waals surface area contributed by atoms with Gasteiger partial charge in [-0.3, -0.25) is 14.9 Å². The number of carbonyl (C=O) groups is 2. The molecule has 2 aromatic carbocycles. The predicted molar refractivity (Wildman–Crippen MR) is 114 cm³/mol. The van der Waals surface area contributed by atoms with Gasteiger partial charge in [0, 0.05) is 10.6 Å². The number of rotatable bonds is 7. The number of nitrogens with zero attached hydrogens (tertiary/aromatic N) is 2. The molecule has 0 saturated heterocycles. The van der Waals surface area contributed by atoms with Gasteiger partial charge in [0.25, 0.3) is 5.91 Å². The van der Waals surface area contributed by atoms with Crippen molar-refractivity contribution in [3.05, 3.63) is 64.9 Å². The second-order valence-corrected chi connectivity index (χ2v) is 8.55. The Labute approximate surface area is 175 Å². The van der Waals surface area contributed by atoms with Crippen molar-refractivity contribution in [2.45, 2.75) is 30.4 Å². The SMILES string of the molecule is CCC(Sc1cccc(NC(=O)c2ccccc2F)c1)C(=O)Nc1nnc(C)s1. The summed E-state index contributed by atoms with van der Waals surface area (Å²) in [5.41, 5.74) is 0.502. The first-order valence-corrected chi connectivity index (χ1v) is 10.6. The van der Waals surface area contributed by atoms with Gasteiger partial charge in [0.1, 0.15) is 10.8 Å². The van der Waals surface area contributed by atoms with E-state index in [9.17, 15) is 14.0 Å². The molecule has 0 aliphatic heterocycles. The highest BCUT2D eigenvalue weighted by molar-refractivity contribution is 8.00. The predicted octanol–water partition coefficient (Wildman–Crippen LogP) is 4.75. The summed E-state index contributed by atoms with van der Waals surface area (Å²) in [5, 5.41) is 14.2. The largest absolute Gasteiger partial charge is 0.322 e. The molecule has 6 nitrogen and oxygen atoms in total. The quantitative estimate of drug-likeness (QED) is 0.529. The van der Waals surface area contributed by atoms with Gasteiger partial charge in [-0.05, 0) is 43.7 Å². The summed E-state index contributed by atoms with van der Waals surface area (Å²) in [4.78, 5) is 25.7. The van der Waals surface area contributed by atoms with Crippen LogP contribution in [0, 0.1) is 12.7 Å². The highest BCUT2D eigenvalue weighted by Gasteiger charge is 2.20. The maximum atomic E-state index is 13.8. The molecule has 1 atom stereocenters. The van der Waals surface area contributed by atoms with Crippen molar-refractivity contribution < 1.29 is 14.0 Å². The average molecular weight is 431 g/mol. The monoisotopic (exact) mass is 430 g/mol. The fourth-order valence-electron chi connectivity index (χ4n) is 2.51. The first-order chi connectivity index (χ1) is 14.0. The highest BCUT2D eigenvalue weighted by Crippen LogP contribution is 2.29. The molecule has 0 aliphatic rings. The molecule has 0 aliphatic carbocycles. The molecular weight excluding hydrogens is 411 g/mol. The molecule has 9 heteroatoms. The van der Waals surface area contributed by atoms with E-state index in [1.54, 1.807) is 24.3 Å². The summed E-state index contributed by atoms with van der Waals surface area (Å²) in [6.07, 6.45) is 0.611. The van der Waals surface area contributed by atoms with Crippen LogP contribution in [0.4, 0.5) is 15.2 Å². The standard InChI is InChI=1S/C20H19FN4O2S2/c1-3-17(19(27)23-20-25-24-12(2)28-20)29-14-8-6-7-13(11-14)22-18(26)15-9-4-5-10-16(15)21/h4-11,17H,3H2,1-2H3,(H,22,26)(H,23,25,27). The van der Waals surface area contributed by atoms with E-state index in [0.717, 1.165) is 9.90 Å². The van der Waals surface area contributed by atoms with Crippen molar-refractivity contribution in [1.82, 2.24) is 10.2 Å². The number of carbonyl (C=O) groups excluding carboxylic acids is 2. The Balaban J connectivity index is 1.67. The summed E-state index contributed by atoms with van der Waals surface area (Å²) in [7, 11) is 0. The van der Waals surface area contributed by atoms with Crippen LogP contribution in [0.1, 0.15) is 28.7 Å². The van der Waals surface area contributed by atoms with Gasteiger partial charge in [0.05, 0.1) is 10.8 Å². The number of nitrogens with one attached hydrogen (secondary N) is 2. The maximum absolute atomic E-state index is 13.8. The lowest BCUT2D eigenvalue weighted by atomic mass is 10.2. The fraction of sp³-hybridized carbons (Fsp3) is 0.200. The van der Waals surface area contributed by atoms with Gasteiger partial charge in [-0.2, -0.15) is 0 Å². The van der Waals surface area contributed by atoms with Crippen LogP contribution < -0.4 is 10.6 Å². The van der Waals surface area contributed by atoms with Crippen molar-refractivity contribution in [1.29, 1.82) is 0 Å². The zero-order valence-electron chi connectivity index (χ0n) is 15.8. The topological polar surface area (TPSA) is 84.0 Å². The van der Waals surface area contributed by atoms with Crippen molar-refractivity contribution in [2.24, 2.45) is 0 Å². The number of hydrogen-bond donors (Lipinski definition) is 2. The van der Waals surface area contributed by atoms with Crippen molar-refractivity contribution >= 4 is 45.7 Å². The zero-order valence-corrected chi connectivity index (χ0v) is 17.4. The minimum absolute atomic E-state index is 0.0243. The van der Waals surface area contributed by atoms with Crippen molar-refractivity contribution in [2.75, 3.05) is 10.6 Å². The normalized spacial score (nSPS) is 11.7. The van der Waals surface area contributed by atoms with Crippen LogP contribution in [-0.4, -0.2) is 27.3 Å². The molecule has 29 heavy (non-hydrogen) atoms. The minimum atomic E-state index is -0.579. The first kappa shape index (κ1) is 20.9. The van der Waals surface area contributed by atoms with Gasteiger partial charge < -0.3 is 5.32 Å². The smallest absolute Gasteiger partial charge is 0.258 e. The fourth-order valence-corrected chi connectivity index (χ4v) is 4.12. The molecular formula is C20H19FN4O2S2. The third-order valence-electron chi connectivity index (χ3n) is 3.91.